The first-order valence-electron chi connectivity index (χ1n) is 9.62. The monoisotopic (exact) mass is 389 g/mol. The maximum atomic E-state index is 13.5. The van der Waals surface area contributed by atoms with Crippen molar-refractivity contribution < 1.29 is 9.59 Å². The van der Waals surface area contributed by atoms with Gasteiger partial charge in [0.1, 0.15) is 11.9 Å². The molecule has 7 nitrogen and oxygen atoms in total. The molecule has 1 aromatic carbocycles. The van der Waals surface area contributed by atoms with E-state index in [4.69, 9.17) is 4.98 Å². The molecule has 1 aliphatic rings. The number of likely N-dealkylation sites (N-methyl/N-ethyl adjacent to an activating group) is 1. The zero-order valence-corrected chi connectivity index (χ0v) is 17.0. The lowest BCUT2D eigenvalue weighted by Crippen LogP contribution is -2.56. The molecule has 148 valence electrons. The summed E-state index contributed by atoms with van der Waals surface area (Å²) in [6, 6.07) is 7.08. The first kappa shape index (κ1) is 19.0. The number of para-hydroxylation sites is 1. The van der Waals surface area contributed by atoms with E-state index < -0.39 is 6.04 Å². The van der Waals surface area contributed by atoms with Gasteiger partial charge in [0.2, 0.25) is 5.91 Å². The van der Waals surface area contributed by atoms with Crippen LogP contribution in [0.5, 0.6) is 0 Å². The molecule has 2 aromatic heterocycles. The van der Waals surface area contributed by atoms with Crippen LogP contribution in [-0.2, 0) is 4.79 Å². The first-order chi connectivity index (χ1) is 13.9. The van der Waals surface area contributed by atoms with Gasteiger partial charge in [0.15, 0.2) is 0 Å². The molecule has 0 spiro atoms. The van der Waals surface area contributed by atoms with E-state index >= 15 is 0 Å². The lowest BCUT2D eigenvalue weighted by Gasteiger charge is -2.37. The van der Waals surface area contributed by atoms with Gasteiger partial charge >= 0.3 is 0 Å². The fraction of sp³-hybridized carbons (Fsp3) is 0.318. The minimum absolute atomic E-state index is 0.0497. The molecule has 1 saturated heterocycles. The van der Waals surface area contributed by atoms with Gasteiger partial charge < -0.3 is 9.80 Å². The number of hydrogen-bond donors (Lipinski definition) is 0. The van der Waals surface area contributed by atoms with Crippen molar-refractivity contribution >= 4 is 22.7 Å². The third kappa shape index (κ3) is 3.33. The van der Waals surface area contributed by atoms with Gasteiger partial charge in [-0.1, -0.05) is 18.2 Å². The number of amides is 2. The number of rotatable bonds is 2. The highest BCUT2D eigenvalue weighted by Crippen LogP contribution is 2.28. The molecule has 0 radical (unpaired) electrons. The van der Waals surface area contributed by atoms with Crippen LogP contribution in [0.25, 0.3) is 22.2 Å². The summed E-state index contributed by atoms with van der Waals surface area (Å²) in [5.74, 6) is 0.462. The highest BCUT2D eigenvalue weighted by molar-refractivity contribution is 6.09. The van der Waals surface area contributed by atoms with Crippen LogP contribution in [0.1, 0.15) is 28.7 Å². The van der Waals surface area contributed by atoms with Gasteiger partial charge in [-0.2, -0.15) is 0 Å². The van der Waals surface area contributed by atoms with Gasteiger partial charge in [0.25, 0.3) is 5.91 Å². The molecule has 0 saturated carbocycles. The molecule has 29 heavy (non-hydrogen) atoms. The Bertz CT molecular complexity index is 1110. The number of nitrogens with zero attached hydrogens (tertiary/aromatic N) is 5. The molecule has 1 unspecified atom stereocenters. The Morgan fingerprint density at radius 3 is 2.59 bits per heavy atom. The Morgan fingerprint density at radius 1 is 1.14 bits per heavy atom. The van der Waals surface area contributed by atoms with Crippen molar-refractivity contribution in [1.29, 1.82) is 0 Å². The molecule has 7 heteroatoms. The third-order valence-corrected chi connectivity index (χ3v) is 5.49. The summed E-state index contributed by atoms with van der Waals surface area (Å²) in [6.07, 6.45) is 3.43. The summed E-state index contributed by atoms with van der Waals surface area (Å²) in [7, 11) is 1.77. The Labute approximate surface area is 169 Å². The zero-order valence-electron chi connectivity index (χ0n) is 17.0. The van der Waals surface area contributed by atoms with E-state index in [2.05, 4.69) is 9.97 Å². The van der Waals surface area contributed by atoms with E-state index in [1.807, 2.05) is 32.0 Å². The second-order valence-electron chi connectivity index (χ2n) is 7.48. The minimum atomic E-state index is -0.500. The van der Waals surface area contributed by atoms with Crippen LogP contribution < -0.4 is 0 Å². The normalized spacial score (nSPS) is 17.1. The van der Waals surface area contributed by atoms with Crippen LogP contribution >= 0.6 is 0 Å². The Morgan fingerprint density at radius 2 is 1.86 bits per heavy atom. The number of fused-ring (bicyclic) bond motifs is 1. The van der Waals surface area contributed by atoms with Gasteiger partial charge in [-0.25, -0.2) is 15.0 Å². The highest BCUT2D eigenvalue weighted by Gasteiger charge is 2.33. The number of carbonyl (C=O) groups excluding carboxylic acids is 2. The van der Waals surface area contributed by atoms with Crippen LogP contribution in [-0.4, -0.2) is 62.7 Å². The van der Waals surface area contributed by atoms with Crippen LogP contribution in [0.3, 0.4) is 0 Å². The number of hydrogen-bond acceptors (Lipinski definition) is 5. The predicted molar refractivity (Wildman–Crippen MR) is 110 cm³/mol. The number of aryl methyl sites for hydroxylation is 2. The number of pyridine rings is 1. The van der Waals surface area contributed by atoms with Crippen LogP contribution in [0.2, 0.25) is 0 Å². The van der Waals surface area contributed by atoms with E-state index in [9.17, 15) is 9.59 Å². The molecule has 1 fully saturated rings. The third-order valence-electron chi connectivity index (χ3n) is 5.49. The highest BCUT2D eigenvalue weighted by atomic mass is 16.2. The standard InChI is InChI=1S/C22H23N5O2/c1-13-6-5-7-17-18(22(29)27-9-8-26(4)21(28)14(27)2)10-19(25-20(13)17)16-11-23-15(3)24-12-16/h5-7,10-12,14H,8-9H2,1-4H3. The topological polar surface area (TPSA) is 79.3 Å². The average Bonchev–Trinajstić information content (AvgIpc) is 2.72. The fourth-order valence-electron chi connectivity index (χ4n) is 3.69. The van der Waals surface area contributed by atoms with Gasteiger partial charge in [0.05, 0.1) is 16.8 Å². The molecular formula is C22H23N5O2. The van der Waals surface area contributed by atoms with Gasteiger partial charge in [-0.05, 0) is 32.4 Å². The van der Waals surface area contributed by atoms with Crippen LogP contribution in [0, 0.1) is 13.8 Å². The summed E-state index contributed by atoms with van der Waals surface area (Å²) in [4.78, 5) is 42.5. The summed E-state index contributed by atoms with van der Waals surface area (Å²) >= 11 is 0. The maximum absolute atomic E-state index is 13.5. The van der Waals surface area contributed by atoms with Crippen molar-refractivity contribution in [2.75, 3.05) is 20.1 Å². The number of piperazine rings is 1. The van der Waals surface area contributed by atoms with Crippen LogP contribution in [0.4, 0.5) is 0 Å². The zero-order chi connectivity index (χ0) is 20.7. The van der Waals surface area contributed by atoms with Crippen molar-refractivity contribution in [1.82, 2.24) is 24.8 Å². The van der Waals surface area contributed by atoms with Crippen molar-refractivity contribution in [3.8, 4) is 11.3 Å². The van der Waals surface area contributed by atoms with E-state index in [-0.39, 0.29) is 11.8 Å². The molecule has 3 aromatic rings. The lowest BCUT2D eigenvalue weighted by molar-refractivity contribution is -0.137. The van der Waals surface area contributed by atoms with Gasteiger partial charge in [0, 0.05) is 43.5 Å². The summed E-state index contributed by atoms with van der Waals surface area (Å²) in [5.41, 5.74) is 3.68. The SMILES string of the molecule is Cc1ncc(-c2cc(C(=O)N3CCN(C)C(=O)C3C)c3cccc(C)c3n2)cn1. The second kappa shape index (κ2) is 7.24. The van der Waals surface area contributed by atoms with E-state index in [0.717, 1.165) is 22.0 Å². The molecule has 0 aliphatic carbocycles. The quantitative estimate of drug-likeness (QED) is 0.673. The van der Waals surface area contributed by atoms with E-state index in [1.54, 1.807) is 42.2 Å². The van der Waals surface area contributed by atoms with E-state index in [1.165, 1.54) is 0 Å². The average molecular weight is 389 g/mol. The molecule has 1 aliphatic heterocycles. The number of benzene rings is 1. The van der Waals surface area contributed by atoms with E-state index in [0.29, 0.717) is 30.2 Å². The molecule has 1 atom stereocenters. The smallest absolute Gasteiger partial charge is 0.255 e. The first-order valence-corrected chi connectivity index (χ1v) is 9.62. The van der Waals surface area contributed by atoms with Crippen LogP contribution in [0.15, 0.2) is 36.7 Å². The van der Waals surface area contributed by atoms with Gasteiger partial charge in [-0.3, -0.25) is 9.59 Å². The summed E-state index contributed by atoms with van der Waals surface area (Å²) in [6.45, 7) is 6.60. The minimum Gasteiger partial charge on any atom is -0.342 e. The second-order valence-corrected chi connectivity index (χ2v) is 7.48. The molecule has 3 heterocycles. The maximum Gasteiger partial charge on any atom is 0.255 e. The van der Waals surface area contributed by atoms with Crippen molar-refractivity contribution in [3.05, 3.63) is 53.6 Å². The molecular weight excluding hydrogens is 366 g/mol. The largest absolute Gasteiger partial charge is 0.342 e. The van der Waals surface area contributed by atoms with Gasteiger partial charge in [-0.15, -0.1) is 0 Å². The Kier molecular flexibility index (Phi) is 4.74. The Balaban J connectivity index is 1.86. The van der Waals surface area contributed by atoms with Crippen molar-refractivity contribution in [2.24, 2.45) is 0 Å². The lowest BCUT2D eigenvalue weighted by atomic mass is 10.0. The summed E-state index contributed by atoms with van der Waals surface area (Å²) in [5, 5.41) is 0.783. The fourth-order valence-corrected chi connectivity index (χ4v) is 3.69. The number of aromatic nitrogens is 3. The number of carbonyl (C=O) groups is 2. The molecule has 0 bridgehead atoms. The van der Waals surface area contributed by atoms with Crippen molar-refractivity contribution in [3.63, 3.8) is 0 Å². The molecule has 4 rings (SSSR count). The molecule has 2 amide bonds. The molecule has 0 N–H and O–H groups in total. The predicted octanol–water partition coefficient (Wildman–Crippen LogP) is 2.61. The summed E-state index contributed by atoms with van der Waals surface area (Å²) < 4.78 is 0. The van der Waals surface area contributed by atoms with Crippen molar-refractivity contribution in [2.45, 2.75) is 26.8 Å². The Hall–Kier alpha value is -3.35.